The maximum absolute atomic E-state index is 7.04. The van der Waals surface area contributed by atoms with Gasteiger partial charge < -0.3 is 10.2 Å². The Balaban J connectivity index is 0.803. The quantitative estimate of drug-likeness (QED) is 0.128. The third-order valence-electron chi connectivity index (χ3n) is 15.7. The van der Waals surface area contributed by atoms with Crippen LogP contribution >= 0.6 is 11.3 Å². The van der Waals surface area contributed by atoms with E-state index in [4.69, 9.17) is 20.1 Å². The van der Waals surface area contributed by atoms with Crippen molar-refractivity contribution in [2.45, 2.75) is 12.0 Å². The van der Waals surface area contributed by atoms with Gasteiger partial charge >= 0.3 is 0 Å². The molecule has 5 heteroatoms. The molecule has 0 amide bonds. The summed E-state index contributed by atoms with van der Waals surface area (Å²) in [6.07, 6.45) is 0. The number of hydrogen-bond donors (Lipinski definition) is 1. The Labute approximate surface area is 438 Å². The molecule has 0 saturated heterocycles. The van der Waals surface area contributed by atoms with Crippen molar-refractivity contribution in [2.24, 2.45) is 15.7 Å². The van der Waals surface area contributed by atoms with E-state index in [-0.39, 0.29) is 5.41 Å². The Morgan fingerprint density at radius 2 is 0.987 bits per heavy atom. The minimum atomic E-state index is -0.363. The number of fused-ring (bicyclic) bond motifs is 16. The van der Waals surface area contributed by atoms with Crippen LogP contribution in [0.15, 0.2) is 263 Å². The minimum absolute atomic E-state index is 0.363. The van der Waals surface area contributed by atoms with Crippen molar-refractivity contribution in [2.75, 3.05) is 0 Å². The monoisotopic (exact) mass is 975 g/mol. The molecule has 352 valence electrons. The van der Waals surface area contributed by atoms with Gasteiger partial charge in [-0.1, -0.05) is 206 Å². The average Bonchev–Trinajstić information content (AvgIpc) is 4.41. The van der Waals surface area contributed by atoms with Crippen LogP contribution in [0.2, 0.25) is 0 Å². The van der Waals surface area contributed by atoms with Gasteiger partial charge in [0.1, 0.15) is 17.0 Å². The second-order valence-corrected chi connectivity index (χ2v) is 20.7. The maximum atomic E-state index is 7.04. The largest absolute Gasteiger partial charge is 0.456 e. The van der Waals surface area contributed by atoms with Gasteiger partial charge in [-0.2, -0.15) is 0 Å². The highest BCUT2D eigenvalue weighted by atomic mass is 32.1. The first kappa shape index (κ1) is 43.2. The predicted molar refractivity (Wildman–Crippen MR) is 313 cm³/mol. The standard InChI is InChI=1S/C70H45N3OS/c71-68(56-25-14-24-55-54-23-7-11-30-65(54)75-67(55)56)73-69(45-33-31-44(32-34-45)43-15-2-1-3-16-43)72-42-50-19-13-29-64-66(50)58-41-49(36-38-63(58)74-64)47-18-12-17-46(39-47)48-35-37-62-57(40-48)53-22-6-10-28-61(53)70(62)59-26-8-4-20-51(59)52-21-5-9-27-60(52)70/h1-41H,42H2,(H2,71,72,73). The maximum Gasteiger partial charge on any atom is 0.157 e. The molecular formula is C70H45N3OS. The van der Waals surface area contributed by atoms with Gasteiger partial charge in [0.25, 0.3) is 0 Å². The molecule has 0 unspecified atom stereocenters. The number of nitrogens with two attached hydrogens (primary N) is 1. The number of benzene rings is 11. The SMILES string of the molecule is N/C(=N\C(=N/Cc1cccc2oc3ccc(-c4cccc(-c5ccc6c(c5)-c5ccccc5C65c6ccccc6-c6ccccc65)c4)cc3c12)c1ccc(-c2ccccc2)cc1)c1cccc2c1sc1ccccc12. The van der Waals surface area contributed by atoms with Crippen molar-refractivity contribution >= 4 is 65.1 Å². The second kappa shape index (κ2) is 17.1. The van der Waals surface area contributed by atoms with Crippen LogP contribution in [0.3, 0.4) is 0 Å². The Bertz CT molecular complexity index is 4470. The smallest absolute Gasteiger partial charge is 0.157 e. The van der Waals surface area contributed by atoms with Crippen molar-refractivity contribution in [3.05, 3.63) is 288 Å². The lowest BCUT2D eigenvalue weighted by Gasteiger charge is -2.30. The van der Waals surface area contributed by atoms with Crippen molar-refractivity contribution in [1.29, 1.82) is 0 Å². The number of rotatable bonds is 7. The van der Waals surface area contributed by atoms with E-state index < -0.39 is 0 Å². The zero-order valence-corrected chi connectivity index (χ0v) is 41.5. The third-order valence-corrected chi connectivity index (χ3v) is 16.9. The number of aliphatic imine (C=N–C) groups is 2. The molecular weight excluding hydrogens is 931 g/mol. The van der Waals surface area contributed by atoms with Crippen LogP contribution in [0.1, 0.15) is 38.9 Å². The predicted octanol–water partition coefficient (Wildman–Crippen LogP) is 17.7. The van der Waals surface area contributed by atoms with Crippen LogP contribution in [0.25, 0.3) is 97.7 Å². The van der Waals surface area contributed by atoms with Gasteiger partial charge in [0.15, 0.2) is 5.84 Å². The van der Waals surface area contributed by atoms with E-state index in [9.17, 15) is 0 Å². The van der Waals surface area contributed by atoms with Crippen LogP contribution < -0.4 is 5.73 Å². The number of thiophene rings is 1. The number of hydrogen-bond acceptors (Lipinski definition) is 3. The van der Waals surface area contributed by atoms with E-state index >= 15 is 0 Å². The summed E-state index contributed by atoms with van der Waals surface area (Å²) in [6.45, 7) is 0.366. The van der Waals surface area contributed by atoms with Crippen LogP contribution in [-0.4, -0.2) is 11.7 Å². The fourth-order valence-electron chi connectivity index (χ4n) is 12.3. The van der Waals surface area contributed by atoms with E-state index in [2.05, 4.69) is 237 Å². The molecule has 13 aromatic rings. The van der Waals surface area contributed by atoms with Crippen molar-refractivity contribution in [3.63, 3.8) is 0 Å². The van der Waals surface area contributed by atoms with Crippen LogP contribution in [0.4, 0.5) is 0 Å². The molecule has 1 spiro atoms. The molecule has 4 nitrogen and oxygen atoms in total. The van der Waals surface area contributed by atoms with E-state index in [0.717, 1.165) is 65.6 Å². The molecule has 0 bridgehead atoms. The van der Waals surface area contributed by atoms with Crippen LogP contribution in [0.5, 0.6) is 0 Å². The molecule has 2 N–H and O–H groups in total. The molecule has 0 atom stereocenters. The Kier molecular flexibility index (Phi) is 9.84. The summed E-state index contributed by atoms with van der Waals surface area (Å²) in [7, 11) is 0. The average molecular weight is 976 g/mol. The lowest BCUT2D eigenvalue weighted by atomic mass is 9.70. The molecule has 11 aromatic carbocycles. The zero-order chi connectivity index (χ0) is 49.6. The molecule has 2 aliphatic carbocycles. The summed E-state index contributed by atoms with van der Waals surface area (Å²) < 4.78 is 8.90. The molecule has 2 aliphatic rings. The molecule has 0 radical (unpaired) electrons. The molecule has 0 aliphatic heterocycles. The minimum Gasteiger partial charge on any atom is -0.456 e. The van der Waals surface area contributed by atoms with Gasteiger partial charge in [-0.05, 0) is 126 Å². The number of nitrogens with zero attached hydrogens (tertiary/aromatic N) is 2. The summed E-state index contributed by atoms with van der Waals surface area (Å²) in [5.41, 5.74) is 28.6. The van der Waals surface area contributed by atoms with Crippen LogP contribution in [0, 0.1) is 0 Å². The third kappa shape index (κ3) is 6.75. The Morgan fingerprint density at radius 3 is 1.75 bits per heavy atom. The van der Waals surface area contributed by atoms with Gasteiger partial charge in [-0.15, -0.1) is 11.3 Å². The first-order valence-corrected chi connectivity index (χ1v) is 26.3. The normalized spacial score (nSPS) is 13.4. The highest BCUT2D eigenvalue weighted by Crippen LogP contribution is 2.63. The summed E-state index contributed by atoms with van der Waals surface area (Å²) in [6, 6.07) is 89.5. The van der Waals surface area contributed by atoms with Crippen molar-refractivity contribution in [3.8, 4) is 55.6 Å². The molecule has 15 rings (SSSR count). The number of amidine groups is 2. The summed E-state index contributed by atoms with van der Waals surface area (Å²) in [5, 5.41) is 4.48. The highest BCUT2D eigenvalue weighted by Gasteiger charge is 2.51. The lowest BCUT2D eigenvalue weighted by Crippen LogP contribution is -2.25. The topological polar surface area (TPSA) is 63.9 Å². The Morgan fingerprint density at radius 1 is 0.427 bits per heavy atom. The van der Waals surface area contributed by atoms with Crippen molar-refractivity contribution in [1.82, 2.24) is 0 Å². The van der Waals surface area contributed by atoms with Crippen molar-refractivity contribution < 1.29 is 4.42 Å². The molecule has 0 saturated carbocycles. The summed E-state index contributed by atoms with van der Waals surface area (Å²) >= 11 is 1.74. The van der Waals surface area contributed by atoms with Crippen LogP contribution in [-0.2, 0) is 12.0 Å². The van der Waals surface area contributed by atoms with Gasteiger partial charge in [-0.3, -0.25) is 4.99 Å². The van der Waals surface area contributed by atoms with E-state index in [0.29, 0.717) is 18.2 Å². The Hall–Kier alpha value is -9.42. The summed E-state index contributed by atoms with van der Waals surface area (Å²) in [4.78, 5) is 10.5. The first-order valence-electron chi connectivity index (χ1n) is 25.5. The van der Waals surface area contributed by atoms with Gasteiger partial charge in [0, 0.05) is 42.1 Å². The van der Waals surface area contributed by atoms with E-state index in [1.54, 1.807) is 11.3 Å². The van der Waals surface area contributed by atoms with Gasteiger partial charge in [0.05, 0.1) is 12.0 Å². The van der Waals surface area contributed by atoms with Gasteiger partial charge in [-0.25, -0.2) is 4.99 Å². The molecule has 75 heavy (non-hydrogen) atoms. The lowest BCUT2D eigenvalue weighted by molar-refractivity contribution is 0.668. The fourth-order valence-corrected chi connectivity index (χ4v) is 13.5. The molecule has 0 fully saturated rings. The van der Waals surface area contributed by atoms with E-state index in [1.165, 1.54) is 71.1 Å². The highest BCUT2D eigenvalue weighted by molar-refractivity contribution is 7.26. The second-order valence-electron chi connectivity index (χ2n) is 19.7. The van der Waals surface area contributed by atoms with Gasteiger partial charge in [0.2, 0.25) is 0 Å². The zero-order valence-electron chi connectivity index (χ0n) is 40.7. The molecule has 2 heterocycles. The fraction of sp³-hybridized carbons (Fsp3) is 0.0286. The van der Waals surface area contributed by atoms with E-state index in [1.807, 2.05) is 12.1 Å². The summed E-state index contributed by atoms with van der Waals surface area (Å²) in [5.74, 6) is 0.992. The molecule has 2 aromatic heterocycles. The first-order chi connectivity index (χ1) is 37.1. The number of furan rings is 1.